The Kier molecular flexibility index (Phi) is 8.01. The van der Waals surface area contributed by atoms with Gasteiger partial charge in [0.05, 0.1) is 11.4 Å². The minimum atomic E-state index is 0.111. The largest absolute Gasteiger partial charge is 0.368 e. The molecule has 3 heterocycles. The Balaban J connectivity index is 1.21. The van der Waals surface area contributed by atoms with Crippen molar-refractivity contribution in [2.45, 2.75) is 9.79 Å². The highest BCUT2D eigenvalue weighted by molar-refractivity contribution is 8.76. The van der Waals surface area contributed by atoms with E-state index in [0.717, 1.165) is 32.3 Å². The Morgan fingerprint density at radius 2 is 1.00 bits per heavy atom. The summed E-state index contributed by atoms with van der Waals surface area (Å²) in [5.74, 6) is 1.88. The molecule has 0 bridgehead atoms. The molecule has 0 spiro atoms. The fourth-order valence-corrected chi connectivity index (χ4v) is 6.13. The fourth-order valence-electron chi connectivity index (χ4n) is 3.85. The Morgan fingerprint density at radius 3 is 1.55 bits per heavy atom. The lowest BCUT2D eigenvalue weighted by atomic mass is 10.2. The molecule has 11 nitrogen and oxygen atoms in total. The van der Waals surface area contributed by atoms with Crippen LogP contribution in [0.15, 0.2) is 113 Å². The lowest BCUT2D eigenvalue weighted by molar-refractivity contribution is 1.07. The SMILES string of the molecule is Nc1nc(Nc2ccccc2SSc2ccccc2Nc2nc(N)nc(-c3cccnc3)n2)nc(-c2ccccc2)n1. The van der Waals surface area contributed by atoms with Crippen molar-refractivity contribution in [3.63, 3.8) is 0 Å². The van der Waals surface area contributed by atoms with E-state index in [4.69, 9.17) is 11.5 Å². The number of anilines is 6. The first-order chi connectivity index (χ1) is 20.6. The third-order valence-electron chi connectivity index (χ3n) is 5.75. The van der Waals surface area contributed by atoms with E-state index in [1.165, 1.54) is 0 Å². The monoisotopic (exact) mass is 589 g/mol. The number of rotatable bonds is 9. The summed E-state index contributed by atoms with van der Waals surface area (Å²) in [6, 6.07) is 29.1. The molecule has 42 heavy (non-hydrogen) atoms. The Bertz CT molecular complexity index is 1690. The van der Waals surface area contributed by atoms with Crippen molar-refractivity contribution in [2.24, 2.45) is 0 Å². The van der Waals surface area contributed by atoms with E-state index in [2.05, 4.69) is 45.5 Å². The number of hydrogen-bond acceptors (Lipinski definition) is 13. The van der Waals surface area contributed by atoms with E-state index in [-0.39, 0.29) is 11.9 Å². The Morgan fingerprint density at radius 1 is 0.500 bits per heavy atom. The molecule has 3 aromatic carbocycles. The van der Waals surface area contributed by atoms with Crippen LogP contribution in [-0.4, -0.2) is 34.9 Å². The number of aromatic nitrogens is 7. The molecule has 206 valence electrons. The molecule has 6 aromatic rings. The number of nitrogen functional groups attached to an aromatic ring is 2. The van der Waals surface area contributed by atoms with Crippen molar-refractivity contribution in [2.75, 3.05) is 22.1 Å². The number of hydrogen-bond donors (Lipinski definition) is 4. The van der Waals surface area contributed by atoms with Gasteiger partial charge < -0.3 is 22.1 Å². The maximum Gasteiger partial charge on any atom is 0.232 e. The van der Waals surface area contributed by atoms with Gasteiger partial charge in [-0.15, -0.1) is 0 Å². The quantitative estimate of drug-likeness (QED) is 0.140. The molecule has 0 radical (unpaired) electrons. The van der Waals surface area contributed by atoms with Crippen molar-refractivity contribution in [1.82, 2.24) is 34.9 Å². The summed E-state index contributed by atoms with van der Waals surface area (Å²) in [5.41, 5.74) is 15.3. The zero-order chi connectivity index (χ0) is 28.7. The number of benzene rings is 3. The highest BCUT2D eigenvalue weighted by Crippen LogP contribution is 2.44. The van der Waals surface area contributed by atoms with Crippen molar-refractivity contribution in [3.8, 4) is 22.8 Å². The van der Waals surface area contributed by atoms with Gasteiger partial charge in [-0.3, -0.25) is 4.98 Å². The number of nitrogens with zero attached hydrogens (tertiary/aromatic N) is 7. The molecule has 6 rings (SSSR count). The van der Waals surface area contributed by atoms with Crippen LogP contribution < -0.4 is 22.1 Å². The molecular weight excluding hydrogens is 567 g/mol. The van der Waals surface area contributed by atoms with E-state index < -0.39 is 0 Å². The van der Waals surface area contributed by atoms with E-state index in [1.54, 1.807) is 34.0 Å². The van der Waals surface area contributed by atoms with Gasteiger partial charge >= 0.3 is 0 Å². The van der Waals surface area contributed by atoms with Crippen molar-refractivity contribution in [1.29, 1.82) is 0 Å². The summed E-state index contributed by atoms with van der Waals surface area (Å²) >= 11 is 0. The first kappa shape index (κ1) is 26.9. The number of nitrogens with one attached hydrogen (secondary N) is 2. The second-order valence-electron chi connectivity index (χ2n) is 8.70. The molecule has 0 atom stereocenters. The molecule has 0 saturated heterocycles. The molecule has 0 unspecified atom stereocenters. The van der Waals surface area contributed by atoms with Gasteiger partial charge in [-0.25, -0.2) is 0 Å². The molecule has 0 aliphatic rings. The van der Waals surface area contributed by atoms with Crippen LogP contribution in [0.25, 0.3) is 22.8 Å². The average Bonchev–Trinajstić information content (AvgIpc) is 3.02. The third kappa shape index (κ3) is 6.54. The number of nitrogens with two attached hydrogens (primary N) is 2. The van der Waals surface area contributed by atoms with Gasteiger partial charge in [0.2, 0.25) is 23.8 Å². The van der Waals surface area contributed by atoms with Gasteiger partial charge in [0.15, 0.2) is 11.6 Å². The predicted octanol–water partition coefficient (Wildman–Crippen LogP) is 6.24. The number of para-hydroxylation sites is 2. The predicted molar refractivity (Wildman–Crippen MR) is 168 cm³/mol. The molecule has 0 amide bonds. The van der Waals surface area contributed by atoms with Crippen LogP contribution in [0, 0.1) is 0 Å². The standard InChI is InChI=1S/C29H23N11S2/c30-26-35-24(18-9-2-1-3-10-18)37-28(39-26)33-20-12-4-6-14-22(20)41-42-23-15-7-5-13-21(23)34-29-38-25(36-27(31)40-29)19-11-8-16-32-17-19/h1-17H,(H3,30,33,35,37,39)(H3,31,34,36,38,40). The first-order valence-corrected chi connectivity index (χ1v) is 14.8. The lowest BCUT2D eigenvalue weighted by Gasteiger charge is -2.13. The smallest absolute Gasteiger partial charge is 0.232 e. The molecular formula is C29H23N11S2. The molecule has 0 aliphatic carbocycles. The van der Waals surface area contributed by atoms with E-state index >= 15 is 0 Å². The number of pyridine rings is 1. The fraction of sp³-hybridized carbons (Fsp3) is 0. The Hall–Kier alpha value is -5.27. The van der Waals surface area contributed by atoms with Gasteiger partial charge in [-0.2, -0.15) is 29.9 Å². The van der Waals surface area contributed by atoms with Gasteiger partial charge in [-0.05, 0) is 36.4 Å². The first-order valence-electron chi connectivity index (χ1n) is 12.7. The molecule has 0 fully saturated rings. The summed E-state index contributed by atoms with van der Waals surface area (Å²) in [4.78, 5) is 32.3. The maximum absolute atomic E-state index is 6.01. The van der Waals surface area contributed by atoms with Crippen LogP contribution in [0.3, 0.4) is 0 Å². The highest BCUT2D eigenvalue weighted by atomic mass is 33.1. The highest BCUT2D eigenvalue weighted by Gasteiger charge is 2.13. The van der Waals surface area contributed by atoms with E-state index in [9.17, 15) is 0 Å². The van der Waals surface area contributed by atoms with Crippen LogP contribution in [0.2, 0.25) is 0 Å². The maximum atomic E-state index is 6.01. The summed E-state index contributed by atoms with van der Waals surface area (Å²) in [5, 5.41) is 6.59. The molecule has 6 N–H and O–H groups in total. The van der Waals surface area contributed by atoms with E-state index in [0.29, 0.717) is 23.5 Å². The minimum Gasteiger partial charge on any atom is -0.368 e. The summed E-state index contributed by atoms with van der Waals surface area (Å²) < 4.78 is 0. The summed E-state index contributed by atoms with van der Waals surface area (Å²) in [6.45, 7) is 0. The minimum absolute atomic E-state index is 0.111. The molecule has 3 aromatic heterocycles. The van der Waals surface area contributed by atoms with Crippen LogP contribution >= 0.6 is 21.6 Å². The second-order valence-corrected chi connectivity index (χ2v) is 10.9. The van der Waals surface area contributed by atoms with Crippen molar-refractivity contribution < 1.29 is 0 Å². The topological polar surface area (TPSA) is 166 Å². The van der Waals surface area contributed by atoms with Crippen LogP contribution in [-0.2, 0) is 0 Å². The van der Waals surface area contributed by atoms with Crippen molar-refractivity contribution >= 4 is 56.8 Å². The normalized spacial score (nSPS) is 10.8. The average molecular weight is 590 g/mol. The van der Waals surface area contributed by atoms with Crippen LogP contribution in [0.1, 0.15) is 0 Å². The second kappa shape index (κ2) is 12.5. The molecule has 0 saturated carbocycles. The molecule has 13 heteroatoms. The Labute approximate surface area is 249 Å². The summed E-state index contributed by atoms with van der Waals surface area (Å²) in [7, 11) is 3.15. The zero-order valence-corrected chi connectivity index (χ0v) is 23.5. The van der Waals surface area contributed by atoms with Gasteiger partial charge in [0, 0.05) is 33.3 Å². The third-order valence-corrected chi connectivity index (χ3v) is 8.23. The summed E-state index contributed by atoms with van der Waals surface area (Å²) in [6.07, 6.45) is 3.37. The molecule has 0 aliphatic heterocycles. The van der Waals surface area contributed by atoms with Crippen LogP contribution in [0.4, 0.5) is 35.2 Å². The van der Waals surface area contributed by atoms with Crippen molar-refractivity contribution in [3.05, 3.63) is 103 Å². The van der Waals surface area contributed by atoms with Crippen LogP contribution in [0.5, 0.6) is 0 Å². The van der Waals surface area contributed by atoms with Gasteiger partial charge in [-0.1, -0.05) is 76.2 Å². The van der Waals surface area contributed by atoms with Gasteiger partial charge in [0.1, 0.15) is 0 Å². The van der Waals surface area contributed by atoms with E-state index in [1.807, 2.05) is 91.0 Å². The van der Waals surface area contributed by atoms with Gasteiger partial charge in [0.25, 0.3) is 0 Å². The lowest BCUT2D eigenvalue weighted by Crippen LogP contribution is -2.05. The zero-order valence-electron chi connectivity index (χ0n) is 21.9.